The Kier molecular flexibility index (Phi) is 10.3. The van der Waals surface area contributed by atoms with E-state index in [9.17, 15) is 0 Å². The van der Waals surface area contributed by atoms with E-state index in [-0.39, 0.29) is 10.8 Å². The number of nitrogens with zero attached hydrogens (tertiary/aromatic N) is 2. The Labute approximate surface area is 403 Å². The van der Waals surface area contributed by atoms with Crippen molar-refractivity contribution in [3.63, 3.8) is 0 Å². The van der Waals surface area contributed by atoms with Gasteiger partial charge in [0, 0.05) is 45.0 Å². The van der Waals surface area contributed by atoms with E-state index in [0.717, 1.165) is 38.5 Å². The van der Waals surface area contributed by atoms with Crippen molar-refractivity contribution in [3.8, 4) is 33.4 Å². The monoisotopic (exact) mass is 878 g/mol. The van der Waals surface area contributed by atoms with Crippen molar-refractivity contribution in [1.29, 1.82) is 0 Å². The molecule has 12 rings (SSSR count). The second kappa shape index (κ2) is 16.7. The molecular weight excluding hydrogens is 821 g/mol. The third kappa shape index (κ3) is 7.17. The second-order valence-corrected chi connectivity index (χ2v) is 20.2. The minimum atomic E-state index is -0.0652. The number of anilines is 3. The summed E-state index contributed by atoms with van der Waals surface area (Å²) in [6.45, 7) is 9.48. The van der Waals surface area contributed by atoms with E-state index < -0.39 is 0 Å². The zero-order chi connectivity index (χ0) is 46.0. The molecule has 0 N–H and O–H groups in total. The molecule has 2 nitrogen and oxygen atoms in total. The molecule has 2 heteroatoms. The van der Waals surface area contributed by atoms with Gasteiger partial charge in [-0.15, -0.1) is 0 Å². The Balaban J connectivity index is 0.800. The number of benzene rings is 7. The highest BCUT2D eigenvalue weighted by Gasteiger charge is 2.37. The van der Waals surface area contributed by atoms with Gasteiger partial charge in [-0.25, -0.2) is 0 Å². The summed E-state index contributed by atoms with van der Waals surface area (Å²) in [4.78, 5) is 4.94. The van der Waals surface area contributed by atoms with Crippen molar-refractivity contribution >= 4 is 28.2 Å². The highest BCUT2D eigenvalue weighted by atomic mass is 15.2. The maximum absolute atomic E-state index is 2.50. The largest absolute Gasteiger partial charge is 0.311 e. The fraction of sp³-hybridized carbons (Fsp3) is 0.182. The summed E-state index contributed by atoms with van der Waals surface area (Å²) < 4.78 is 0. The second-order valence-electron chi connectivity index (χ2n) is 20.2. The van der Waals surface area contributed by atoms with Crippen LogP contribution in [0, 0.1) is 0 Å². The minimum absolute atomic E-state index is 0.0530. The van der Waals surface area contributed by atoms with Gasteiger partial charge in [0.1, 0.15) is 0 Å². The van der Waals surface area contributed by atoms with Gasteiger partial charge >= 0.3 is 0 Å². The first-order chi connectivity index (χ1) is 33.2. The van der Waals surface area contributed by atoms with E-state index in [1.54, 1.807) is 0 Å². The first kappa shape index (κ1) is 42.0. The fourth-order valence-corrected chi connectivity index (χ4v) is 11.8. The Hall–Kier alpha value is -7.42. The topological polar surface area (TPSA) is 6.48 Å². The van der Waals surface area contributed by atoms with E-state index in [0.29, 0.717) is 0 Å². The highest BCUT2D eigenvalue weighted by molar-refractivity contribution is 5.87. The number of rotatable bonds is 9. The van der Waals surface area contributed by atoms with Gasteiger partial charge in [-0.1, -0.05) is 179 Å². The summed E-state index contributed by atoms with van der Waals surface area (Å²) in [6.07, 6.45) is 22.9. The van der Waals surface area contributed by atoms with Crippen molar-refractivity contribution < 1.29 is 0 Å². The lowest BCUT2D eigenvalue weighted by molar-refractivity contribution is 0.660. The SMILES string of the molecule is CC1(C)c2ccccc2-c2ccc(N(C3=CCCC=C3)C3=CCCC(c4ccc(-c5ccc(C6=CC(N(c7ccccc7)c7ccc8c(c7)C(C)(C)c7ccccc7-8)=CCC6)cc5)cc4)=C3)cc21. The molecule has 0 radical (unpaired) electrons. The van der Waals surface area contributed by atoms with Crippen molar-refractivity contribution in [1.82, 2.24) is 0 Å². The number of allylic oxidation sites excluding steroid dienone is 9. The normalized spacial score (nSPS) is 17.1. The van der Waals surface area contributed by atoms with Crippen LogP contribution in [0.1, 0.15) is 99.6 Å². The average Bonchev–Trinajstić information content (AvgIpc) is 3.76. The fourth-order valence-electron chi connectivity index (χ4n) is 11.8. The maximum Gasteiger partial charge on any atom is 0.0464 e. The van der Waals surface area contributed by atoms with E-state index in [1.165, 1.54) is 112 Å². The average molecular weight is 879 g/mol. The molecule has 68 heavy (non-hydrogen) atoms. The molecule has 0 aromatic heterocycles. The zero-order valence-corrected chi connectivity index (χ0v) is 39.8. The molecule has 0 saturated carbocycles. The van der Waals surface area contributed by atoms with Gasteiger partial charge in [0.2, 0.25) is 0 Å². The summed E-state index contributed by atoms with van der Waals surface area (Å²) in [5.41, 5.74) is 26.0. The first-order valence-electron chi connectivity index (χ1n) is 24.8. The Bertz CT molecular complexity index is 3310. The molecule has 5 aliphatic carbocycles. The molecule has 0 fully saturated rings. The van der Waals surface area contributed by atoms with Crippen LogP contribution >= 0.6 is 0 Å². The third-order valence-electron chi connectivity index (χ3n) is 15.4. The van der Waals surface area contributed by atoms with Crippen LogP contribution in [0.3, 0.4) is 0 Å². The molecule has 5 aliphatic rings. The van der Waals surface area contributed by atoms with Crippen LogP contribution in [0.15, 0.2) is 223 Å². The maximum atomic E-state index is 2.50. The lowest BCUT2D eigenvalue weighted by Crippen LogP contribution is -2.23. The van der Waals surface area contributed by atoms with Crippen molar-refractivity contribution in [2.75, 3.05) is 9.80 Å². The number of hydrogen-bond acceptors (Lipinski definition) is 2. The predicted octanol–water partition coefficient (Wildman–Crippen LogP) is 17.7. The van der Waals surface area contributed by atoms with Crippen LogP contribution in [0.4, 0.5) is 17.1 Å². The first-order valence-corrected chi connectivity index (χ1v) is 24.8. The Morgan fingerprint density at radius 1 is 0.353 bits per heavy atom. The lowest BCUT2D eigenvalue weighted by atomic mass is 9.82. The molecule has 0 heterocycles. The van der Waals surface area contributed by atoms with E-state index in [1.807, 2.05) is 0 Å². The summed E-state index contributed by atoms with van der Waals surface area (Å²) in [7, 11) is 0. The number of hydrogen-bond donors (Lipinski definition) is 0. The van der Waals surface area contributed by atoms with Crippen LogP contribution in [-0.2, 0) is 10.8 Å². The summed E-state index contributed by atoms with van der Waals surface area (Å²) >= 11 is 0. The van der Waals surface area contributed by atoms with E-state index in [4.69, 9.17) is 0 Å². The van der Waals surface area contributed by atoms with Crippen LogP contribution in [-0.4, -0.2) is 0 Å². The summed E-state index contributed by atoms with van der Waals surface area (Å²) in [6, 6.07) is 61.4. The molecule has 0 bridgehead atoms. The number of para-hydroxylation sites is 1. The standard InChI is InChI=1S/C66H58N2/c1-65(2)61-27-13-11-25-57(61)59-39-37-55(43-63(59)65)67(51-19-7-5-8-20-51)53-23-15-17-49(41-53)47-33-29-45(30-34-47)46-31-35-48(36-32-46)50-18-16-24-54(42-50)68(52-21-9-6-10-22-52)56-38-40-60-58-26-12-14-28-62(58)66(3,4)64(60)44-56/h5,7-9,11-14,19-44H,6,10,15-18H2,1-4H3. The molecule has 7 aromatic rings. The lowest BCUT2D eigenvalue weighted by Gasteiger charge is -2.32. The van der Waals surface area contributed by atoms with Gasteiger partial charge in [-0.2, -0.15) is 0 Å². The van der Waals surface area contributed by atoms with Gasteiger partial charge < -0.3 is 9.80 Å². The molecule has 0 aliphatic heterocycles. The van der Waals surface area contributed by atoms with E-state index in [2.05, 4.69) is 244 Å². The van der Waals surface area contributed by atoms with Gasteiger partial charge in [0.25, 0.3) is 0 Å². The van der Waals surface area contributed by atoms with Gasteiger partial charge in [-0.3, -0.25) is 0 Å². The molecule has 0 spiro atoms. The van der Waals surface area contributed by atoms with Crippen molar-refractivity contribution in [2.45, 2.75) is 77.0 Å². The van der Waals surface area contributed by atoms with Gasteiger partial charge in [-0.05, 0) is 171 Å². The minimum Gasteiger partial charge on any atom is -0.311 e. The third-order valence-corrected chi connectivity index (χ3v) is 15.4. The van der Waals surface area contributed by atoms with Gasteiger partial charge in [0.15, 0.2) is 0 Å². The molecule has 332 valence electrons. The highest BCUT2D eigenvalue weighted by Crippen LogP contribution is 2.52. The Morgan fingerprint density at radius 2 is 0.794 bits per heavy atom. The smallest absolute Gasteiger partial charge is 0.0464 e. The van der Waals surface area contributed by atoms with E-state index >= 15 is 0 Å². The van der Waals surface area contributed by atoms with Crippen LogP contribution in [0.2, 0.25) is 0 Å². The summed E-state index contributed by atoms with van der Waals surface area (Å²) in [5, 5.41) is 0. The quantitative estimate of drug-likeness (QED) is 0.143. The van der Waals surface area contributed by atoms with Crippen LogP contribution < -0.4 is 9.80 Å². The van der Waals surface area contributed by atoms with Crippen molar-refractivity contribution in [3.05, 3.63) is 257 Å². The molecular formula is C66H58N2. The Morgan fingerprint density at radius 3 is 1.31 bits per heavy atom. The molecule has 0 amide bonds. The molecule has 0 saturated heterocycles. The molecule has 0 atom stereocenters. The van der Waals surface area contributed by atoms with Crippen LogP contribution in [0.5, 0.6) is 0 Å². The summed E-state index contributed by atoms with van der Waals surface area (Å²) in [5.74, 6) is 0. The molecule has 7 aromatic carbocycles. The van der Waals surface area contributed by atoms with Crippen molar-refractivity contribution in [2.24, 2.45) is 0 Å². The zero-order valence-electron chi connectivity index (χ0n) is 39.8. The number of fused-ring (bicyclic) bond motifs is 6. The van der Waals surface area contributed by atoms with Crippen LogP contribution in [0.25, 0.3) is 44.5 Å². The molecule has 0 unspecified atom stereocenters. The van der Waals surface area contributed by atoms with Gasteiger partial charge in [0.05, 0.1) is 0 Å². The predicted molar refractivity (Wildman–Crippen MR) is 288 cm³/mol.